The van der Waals surface area contributed by atoms with Crippen molar-refractivity contribution in [1.82, 2.24) is 0 Å². The minimum atomic E-state index is -0.125. The lowest BCUT2D eigenvalue weighted by atomic mass is 10.5. The van der Waals surface area contributed by atoms with E-state index in [9.17, 15) is 0 Å². The van der Waals surface area contributed by atoms with Crippen LogP contribution < -0.4 is 0 Å². The molecular formula is C16H34O4. The summed E-state index contributed by atoms with van der Waals surface area (Å²) in [5.74, 6) is 0. The van der Waals surface area contributed by atoms with Crippen LogP contribution in [0.2, 0.25) is 0 Å². The summed E-state index contributed by atoms with van der Waals surface area (Å²) in [6.07, 6.45) is 0.426. The van der Waals surface area contributed by atoms with E-state index in [1.807, 2.05) is 0 Å². The van der Waals surface area contributed by atoms with E-state index in [1.54, 1.807) is 7.11 Å². The van der Waals surface area contributed by atoms with Gasteiger partial charge in [0.1, 0.15) is 6.10 Å². The molecule has 0 aliphatic carbocycles. The normalized spacial score (nSPS) is 11.7. The van der Waals surface area contributed by atoms with Crippen molar-refractivity contribution >= 4 is 0 Å². The zero-order chi connectivity index (χ0) is 17.8. The van der Waals surface area contributed by atoms with Crippen LogP contribution in [0, 0.1) is 0 Å². The van der Waals surface area contributed by atoms with Crippen molar-refractivity contribution in [3.05, 3.63) is 65.8 Å². The molecule has 2 N–H and O–H groups in total. The Morgan fingerprint density at radius 3 is 1.15 bits per heavy atom. The third-order valence-corrected chi connectivity index (χ3v) is 0.855. The smallest absolute Gasteiger partial charge is 0.104 e. The van der Waals surface area contributed by atoms with Gasteiger partial charge in [-0.1, -0.05) is 0 Å². The number of aliphatic hydroxyl groups excluding tert-OH is 2. The molecule has 1 fully saturated rings. The highest BCUT2D eigenvalue weighted by atomic mass is 16.6. The highest BCUT2D eigenvalue weighted by Crippen LogP contribution is 2.06. The van der Waals surface area contributed by atoms with Gasteiger partial charge in [0.25, 0.3) is 0 Å². The molecule has 0 radical (unpaired) electrons. The molecule has 122 valence electrons. The van der Waals surface area contributed by atoms with Crippen LogP contribution in [0.15, 0.2) is 65.8 Å². The molecule has 0 aromatic rings. The molecule has 1 unspecified atom stereocenters. The lowest BCUT2D eigenvalue weighted by Crippen LogP contribution is -1.94. The molecular weight excluding hydrogens is 256 g/mol. The van der Waals surface area contributed by atoms with E-state index in [4.69, 9.17) is 19.7 Å². The molecule has 1 heterocycles. The fourth-order valence-corrected chi connectivity index (χ4v) is 0.350. The van der Waals surface area contributed by atoms with E-state index < -0.39 is 0 Å². The Balaban J connectivity index is -0.0000000313. The molecule has 0 aromatic heterocycles. The number of ether oxygens (including phenoxy) is 2. The molecule has 0 aromatic carbocycles. The van der Waals surface area contributed by atoms with Crippen LogP contribution in [-0.4, -0.2) is 49.9 Å². The molecule has 1 rings (SSSR count). The Kier molecular flexibility index (Phi) is 153. The molecule has 4 heteroatoms. The van der Waals surface area contributed by atoms with Gasteiger partial charge in [0.05, 0.1) is 26.4 Å². The van der Waals surface area contributed by atoms with Crippen molar-refractivity contribution in [2.75, 3.05) is 33.5 Å². The highest BCUT2D eigenvalue weighted by molar-refractivity contribution is 4.66. The van der Waals surface area contributed by atoms with E-state index in [0.29, 0.717) is 6.10 Å². The van der Waals surface area contributed by atoms with Gasteiger partial charge in [-0.05, 0) is 0 Å². The van der Waals surface area contributed by atoms with Crippen LogP contribution in [0.25, 0.3) is 0 Å². The van der Waals surface area contributed by atoms with Crippen molar-refractivity contribution < 1.29 is 19.7 Å². The molecule has 1 atom stereocenters. The van der Waals surface area contributed by atoms with Gasteiger partial charge < -0.3 is 19.7 Å². The number of hydrogen-bond acceptors (Lipinski definition) is 4. The summed E-state index contributed by atoms with van der Waals surface area (Å²) in [5.41, 5.74) is 0. The number of rotatable bonds is 3. The van der Waals surface area contributed by atoms with Crippen molar-refractivity contribution in [3.63, 3.8) is 0 Å². The first-order valence-corrected chi connectivity index (χ1v) is 5.67. The second kappa shape index (κ2) is 84.4. The molecule has 0 saturated carbocycles. The highest BCUT2D eigenvalue weighted by Gasteiger charge is 2.21. The van der Waals surface area contributed by atoms with Gasteiger partial charge in [-0.3, -0.25) is 0 Å². The van der Waals surface area contributed by atoms with Gasteiger partial charge >= 0.3 is 0 Å². The lowest BCUT2D eigenvalue weighted by Gasteiger charge is -1.84. The lowest BCUT2D eigenvalue weighted by molar-refractivity contribution is 0.171. The van der Waals surface area contributed by atoms with Crippen LogP contribution in [0.3, 0.4) is 0 Å². The summed E-state index contributed by atoms with van der Waals surface area (Å²) in [4.78, 5) is 0. The minimum Gasteiger partial charge on any atom is -0.394 e. The molecule has 20 heavy (non-hydrogen) atoms. The van der Waals surface area contributed by atoms with Crippen molar-refractivity contribution in [3.8, 4) is 0 Å². The summed E-state index contributed by atoms with van der Waals surface area (Å²) in [7, 11) is 1.68. The maximum Gasteiger partial charge on any atom is 0.104 e. The molecule has 1 saturated heterocycles. The fraction of sp³-hybridized carbons (Fsp3) is 0.375. The van der Waals surface area contributed by atoms with Gasteiger partial charge in [-0.15, -0.1) is 65.8 Å². The standard InChI is InChI=1S/C4H8O2.C2H6O2.5C2H4/c1-5-2-4-3-6-4;3-1-2-4;5*1-2/h4H,2-3H2,1H3;3-4H,1-2H2;5*1-2H2. The van der Waals surface area contributed by atoms with E-state index in [0.717, 1.165) is 13.2 Å². The summed E-state index contributed by atoms with van der Waals surface area (Å²) >= 11 is 0. The Morgan fingerprint density at radius 1 is 0.850 bits per heavy atom. The average molecular weight is 290 g/mol. The summed E-state index contributed by atoms with van der Waals surface area (Å²) in [5, 5.41) is 15.2. The van der Waals surface area contributed by atoms with Gasteiger partial charge in [0, 0.05) is 7.11 Å². The van der Waals surface area contributed by atoms with Gasteiger partial charge in [-0.25, -0.2) is 0 Å². The van der Waals surface area contributed by atoms with Crippen molar-refractivity contribution in [2.45, 2.75) is 6.10 Å². The van der Waals surface area contributed by atoms with E-state index >= 15 is 0 Å². The SMILES string of the molecule is C=C.C=C.C=C.C=C.C=C.COCC1CO1.OCCO. The number of methoxy groups -OCH3 is 1. The third kappa shape index (κ3) is 130. The molecule has 1 aliphatic heterocycles. The van der Waals surface area contributed by atoms with Gasteiger partial charge in [0.2, 0.25) is 0 Å². The minimum absolute atomic E-state index is 0.125. The molecule has 0 amide bonds. The first kappa shape index (κ1) is 36.3. The zero-order valence-corrected chi connectivity index (χ0v) is 13.2. The molecule has 0 spiro atoms. The Hall–Kier alpha value is -1.46. The van der Waals surface area contributed by atoms with Gasteiger partial charge in [-0.2, -0.15) is 0 Å². The van der Waals surface area contributed by atoms with Crippen LogP contribution in [0.5, 0.6) is 0 Å². The third-order valence-electron chi connectivity index (χ3n) is 0.855. The fourth-order valence-electron chi connectivity index (χ4n) is 0.350. The van der Waals surface area contributed by atoms with Crippen LogP contribution in [0.4, 0.5) is 0 Å². The summed E-state index contributed by atoms with van der Waals surface area (Å²) < 4.78 is 9.56. The van der Waals surface area contributed by atoms with Crippen molar-refractivity contribution in [2.24, 2.45) is 0 Å². The Labute approximate surface area is 126 Å². The number of aliphatic hydroxyl groups is 2. The number of hydrogen-bond donors (Lipinski definition) is 2. The predicted octanol–water partition coefficient (Wildman–Crippen LogP) is 3.01. The topological polar surface area (TPSA) is 62.2 Å². The van der Waals surface area contributed by atoms with Crippen LogP contribution >= 0.6 is 0 Å². The number of epoxide rings is 1. The largest absolute Gasteiger partial charge is 0.394 e. The maximum atomic E-state index is 7.62. The predicted molar refractivity (Wildman–Crippen MR) is 92.1 cm³/mol. The second-order valence-corrected chi connectivity index (χ2v) is 1.86. The molecule has 0 bridgehead atoms. The summed E-state index contributed by atoms with van der Waals surface area (Å²) in [6.45, 7) is 31.4. The Morgan fingerprint density at radius 2 is 1.10 bits per heavy atom. The molecule has 1 aliphatic rings. The monoisotopic (exact) mass is 290 g/mol. The first-order valence-electron chi connectivity index (χ1n) is 5.67. The Bertz CT molecular complexity index is 103. The van der Waals surface area contributed by atoms with Crippen molar-refractivity contribution in [1.29, 1.82) is 0 Å². The van der Waals surface area contributed by atoms with E-state index in [2.05, 4.69) is 65.8 Å². The maximum absolute atomic E-state index is 7.62. The second-order valence-electron chi connectivity index (χ2n) is 1.86. The van der Waals surface area contributed by atoms with Crippen LogP contribution in [0.1, 0.15) is 0 Å². The van der Waals surface area contributed by atoms with Gasteiger partial charge in [0.15, 0.2) is 0 Å². The quantitative estimate of drug-likeness (QED) is 0.619. The molecule has 4 nitrogen and oxygen atoms in total. The van der Waals surface area contributed by atoms with Crippen LogP contribution in [-0.2, 0) is 9.47 Å². The average Bonchev–Trinajstić information content (AvgIpc) is 3.42. The zero-order valence-electron chi connectivity index (χ0n) is 13.2. The van der Waals surface area contributed by atoms with E-state index in [1.165, 1.54) is 0 Å². The van der Waals surface area contributed by atoms with E-state index in [-0.39, 0.29) is 13.2 Å². The first-order chi connectivity index (χ1) is 9.85. The summed E-state index contributed by atoms with van der Waals surface area (Å²) in [6, 6.07) is 0.